The van der Waals surface area contributed by atoms with Crippen molar-refractivity contribution in [3.63, 3.8) is 0 Å². The van der Waals surface area contributed by atoms with Crippen LogP contribution in [0.3, 0.4) is 0 Å². The van der Waals surface area contributed by atoms with E-state index in [1.165, 1.54) is 32.2 Å². The summed E-state index contributed by atoms with van der Waals surface area (Å²) in [5, 5.41) is 12.9. The fourth-order valence-electron chi connectivity index (χ4n) is 2.45. The van der Waals surface area contributed by atoms with Crippen LogP contribution in [0, 0.1) is 0 Å². The Kier molecular flexibility index (Phi) is 1.90. The monoisotopic (exact) mass is 155 g/mol. The average molecular weight is 155 g/mol. The van der Waals surface area contributed by atoms with Gasteiger partial charge in [0.25, 0.3) is 0 Å². The third-order valence-electron chi connectivity index (χ3n) is 3.24. The summed E-state index contributed by atoms with van der Waals surface area (Å²) >= 11 is 0. The van der Waals surface area contributed by atoms with E-state index in [1.807, 2.05) is 0 Å². The molecule has 1 aliphatic carbocycles. The highest BCUT2D eigenvalue weighted by atomic mass is 16.3. The van der Waals surface area contributed by atoms with Crippen molar-refractivity contribution in [1.29, 1.82) is 0 Å². The highest BCUT2D eigenvalue weighted by Crippen LogP contribution is 2.34. The molecule has 1 aliphatic heterocycles. The first kappa shape index (κ1) is 7.56. The minimum atomic E-state index is -0.0111. The summed E-state index contributed by atoms with van der Waals surface area (Å²) in [5.74, 6) is 0. The van der Waals surface area contributed by atoms with Crippen molar-refractivity contribution in [2.24, 2.45) is 0 Å². The third kappa shape index (κ3) is 1.42. The molecule has 2 rings (SSSR count). The first-order valence-electron chi connectivity index (χ1n) is 4.74. The Morgan fingerprint density at radius 2 is 1.91 bits per heavy atom. The predicted molar refractivity (Wildman–Crippen MR) is 44.4 cm³/mol. The van der Waals surface area contributed by atoms with Crippen molar-refractivity contribution >= 4 is 0 Å². The first-order chi connectivity index (χ1) is 5.31. The van der Waals surface area contributed by atoms with Crippen molar-refractivity contribution in [2.45, 2.75) is 50.2 Å². The molecule has 1 saturated heterocycles. The fourth-order valence-corrected chi connectivity index (χ4v) is 2.45. The Hall–Kier alpha value is -0.0800. The maximum atomic E-state index is 9.33. The Balaban J connectivity index is 1.94. The molecule has 0 aromatic rings. The molecule has 1 saturated carbocycles. The second kappa shape index (κ2) is 2.76. The number of aliphatic hydroxyl groups is 1. The Bertz CT molecular complexity index is 130. The minimum absolute atomic E-state index is 0.0111. The lowest BCUT2D eigenvalue weighted by molar-refractivity contribution is 0.0906. The number of nitrogens with one attached hydrogen (secondary N) is 1. The number of hydrogen-bond acceptors (Lipinski definition) is 2. The smallest absolute Gasteiger partial charge is 0.0541 e. The summed E-state index contributed by atoms with van der Waals surface area (Å²) in [4.78, 5) is 0. The van der Waals surface area contributed by atoms with Crippen molar-refractivity contribution in [3.05, 3.63) is 0 Å². The van der Waals surface area contributed by atoms with Crippen LogP contribution in [0.25, 0.3) is 0 Å². The van der Waals surface area contributed by atoms with E-state index in [9.17, 15) is 5.11 Å². The van der Waals surface area contributed by atoms with Gasteiger partial charge in [0, 0.05) is 5.54 Å². The van der Waals surface area contributed by atoms with Gasteiger partial charge in [0.1, 0.15) is 0 Å². The maximum Gasteiger partial charge on any atom is 0.0541 e. The van der Waals surface area contributed by atoms with Gasteiger partial charge in [0.05, 0.1) is 6.10 Å². The lowest BCUT2D eigenvalue weighted by Crippen LogP contribution is -2.43. The zero-order valence-corrected chi connectivity index (χ0v) is 6.97. The largest absolute Gasteiger partial charge is 0.393 e. The molecule has 2 aliphatic rings. The third-order valence-corrected chi connectivity index (χ3v) is 3.24. The molecule has 0 unspecified atom stereocenters. The lowest BCUT2D eigenvalue weighted by atomic mass is 9.79. The zero-order chi connectivity index (χ0) is 7.73. The zero-order valence-electron chi connectivity index (χ0n) is 6.97. The van der Waals surface area contributed by atoms with Crippen LogP contribution >= 0.6 is 0 Å². The van der Waals surface area contributed by atoms with Gasteiger partial charge in [0.2, 0.25) is 0 Å². The van der Waals surface area contributed by atoms with Gasteiger partial charge in [-0.1, -0.05) is 0 Å². The van der Waals surface area contributed by atoms with Crippen LogP contribution in [0.5, 0.6) is 0 Å². The molecule has 1 heterocycles. The summed E-state index contributed by atoms with van der Waals surface area (Å²) in [6.07, 6.45) is 7.04. The Labute approximate surface area is 68.0 Å². The van der Waals surface area contributed by atoms with Crippen molar-refractivity contribution < 1.29 is 5.11 Å². The van der Waals surface area contributed by atoms with E-state index >= 15 is 0 Å². The molecule has 0 atom stereocenters. The van der Waals surface area contributed by atoms with Crippen LogP contribution in [0.4, 0.5) is 0 Å². The van der Waals surface area contributed by atoms with E-state index in [0.29, 0.717) is 5.54 Å². The second-order valence-corrected chi connectivity index (χ2v) is 4.04. The molecule has 11 heavy (non-hydrogen) atoms. The van der Waals surface area contributed by atoms with E-state index in [2.05, 4.69) is 5.32 Å². The molecular formula is C9H17NO. The number of hydrogen-bond donors (Lipinski definition) is 2. The molecule has 0 aromatic heterocycles. The van der Waals surface area contributed by atoms with Gasteiger partial charge in [-0.15, -0.1) is 0 Å². The van der Waals surface area contributed by atoms with Gasteiger partial charge < -0.3 is 10.4 Å². The second-order valence-electron chi connectivity index (χ2n) is 4.04. The summed E-state index contributed by atoms with van der Waals surface area (Å²) in [5.41, 5.74) is 0.444. The van der Waals surface area contributed by atoms with Crippen molar-refractivity contribution in [2.75, 3.05) is 6.54 Å². The molecule has 0 amide bonds. The van der Waals surface area contributed by atoms with Crippen LogP contribution in [-0.4, -0.2) is 23.3 Å². The lowest BCUT2D eigenvalue weighted by Gasteiger charge is -2.35. The topological polar surface area (TPSA) is 32.3 Å². The van der Waals surface area contributed by atoms with Gasteiger partial charge in [-0.2, -0.15) is 0 Å². The minimum Gasteiger partial charge on any atom is -0.393 e. The molecule has 0 radical (unpaired) electrons. The highest BCUT2D eigenvalue weighted by molar-refractivity contribution is 4.96. The van der Waals surface area contributed by atoms with E-state index < -0.39 is 0 Å². The molecule has 2 fully saturated rings. The molecule has 1 spiro atoms. The standard InChI is InChI=1S/C9H17NO/c11-8-2-5-9(6-3-8)4-1-7-10-9/h8,10-11H,1-7H2. The van der Waals surface area contributed by atoms with Crippen LogP contribution < -0.4 is 5.32 Å². The number of rotatable bonds is 0. The normalized spacial score (nSPS) is 45.0. The van der Waals surface area contributed by atoms with Crippen molar-refractivity contribution in [3.8, 4) is 0 Å². The summed E-state index contributed by atoms with van der Waals surface area (Å²) in [6.45, 7) is 1.19. The van der Waals surface area contributed by atoms with Crippen LogP contribution in [0.15, 0.2) is 0 Å². The van der Waals surface area contributed by atoms with Crippen LogP contribution in [0.1, 0.15) is 38.5 Å². The molecule has 2 nitrogen and oxygen atoms in total. The summed E-state index contributed by atoms with van der Waals surface area (Å²) in [6, 6.07) is 0. The van der Waals surface area contributed by atoms with Gasteiger partial charge in [-0.3, -0.25) is 0 Å². The van der Waals surface area contributed by atoms with Gasteiger partial charge in [0.15, 0.2) is 0 Å². The first-order valence-corrected chi connectivity index (χ1v) is 4.74. The number of aliphatic hydroxyl groups excluding tert-OH is 1. The Morgan fingerprint density at radius 3 is 2.45 bits per heavy atom. The fraction of sp³-hybridized carbons (Fsp3) is 1.00. The summed E-state index contributed by atoms with van der Waals surface area (Å²) in [7, 11) is 0. The molecule has 2 N–H and O–H groups in total. The summed E-state index contributed by atoms with van der Waals surface area (Å²) < 4.78 is 0. The van der Waals surface area contributed by atoms with E-state index in [-0.39, 0.29) is 6.10 Å². The maximum absolute atomic E-state index is 9.33. The molecular weight excluding hydrogens is 138 g/mol. The predicted octanol–water partition coefficient (Wildman–Crippen LogP) is 1.04. The average Bonchev–Trinajstić information content (AvgIpc) is 2.45. The molecule has 2 heteroatoms. The van der Waals surface area contributed by atoms with E-state index in [4.69, 9.17) is 0 Å². The highest BCUT2D eigenvalue weighted by Gasteiger charge is 2.36. The van der Waals surface area contributed by atoms with Gasteiger partial charge in [-0.25, -0.2) is 0 Å². The van der Waals surface area contributed by atoms with E-state index in [1.54, 1.807) is 0 Å². The Morgan fingerprint density at radius 1 is 1.18 bits per heavy atom. The van der Waals surface area contributed by atoms with Crippen LogP contribution in [0.2, 0.25) is 0 Å². The quantitative estimate of drug-likeness (QED) is 0.548. The van der Waals surface area contributed by atoms with Gasteiger partial charge in [-0.05, 0) is 45.1 Å². The van der Waals surface area contributed by atoms with Gasteiger partial charge >= 0.3 is 0 Å². The van der Waals surface area contributed by atoms with Crippen LogP contribution in [-0.2, 0) is 0 Å². The van der Waals surface area contributed by atoms with E-state index in [0.717, 1.165) is 12.8 Å². The van der Waals surface area contributed by atoms with Crippen molar-refractivity contribution in [1.82, 2.24) is 5.32 Å². The molecule has 64 valence electrons. The SMILES string of the molecule is OC1CCC2(CCCN2)CC1. The molecule has 0 aromatic carbocycles. The molecule has 0 bridgehead atoms.